The minimum atomic E-state index is -3.47. The van der Waals surface area contributed by atoms with Gasteiger partial charge in [-0.3, -0.25) is 0 Å². The van der Waals surface area contributed by atoms with Crippen molar-refractivity contribution in [3.05, 3.63) is 18.2 Å². The first-order chi connectivity index (χ1) is 9.94. The average Bonchev–Trinajstić information content (AvgIpc) is 2.63. The first kappa shape index (κ1) is 16.1. The number of hydrogen-bond acceptors (Lipinski definition) is 5. The standard InChI is InChI=1S/C14H23N3O3S/c1-3-16-21(18,19)12-5-6-13(15)14(9-12)17-7-4-8-20-11(2)10-17/h5-6,9,11,16H,3-4,7-8,10,15H2,1-2H3. The molecular weight excluding hydrogens is 290 g/mol. The maximum absolute atomic E-state index is 12.1. The molecule has 0 aliphatic carbocycles. The van der Waals surface area contributed by atoms with Gasteiger partial charge in [-0.05, 0) is 31.5 Å². The molecule has 1 unspecified atom stereocenters. The average molecular weight is 313 g/mol. The van der Waals surface area contributed by atoms with Crippen molar-refractivity contribution in [2.24, 2.45) is 0 Å². The van der Waals surface area contributed by atoms with Crippen LogP contribution in [0.25, 0.3) is 0 Å². The zero-order chi connectivity index (χ0) is 15.5. The van der Waals surface area contributed by atoms with Crippen molar-refractivity contribution in [1.29, 1.82) is 0 Å². The first-order valence-corrected chi connectivity index (χ1v) is 8.68. The fraction of sp³-hybridized carbons (Fsp3) is 0.571. The lowest BCUT2D eigenvalue weighted by Crippen LogP contribution is -2.31. The predicted molar refractivity (Wildman–Crippen MR) is 84.0 cm³/mol. The van der Waals surface area contributed by atoms with Crippen molar-refractivity contribution in [1.82, 2.24) is 4.72 Å². The summed E-state index contributed by atoms with van der Waals surface area (Å²) >= 11 is 0. The summed E-state index contributed by atoms with van der Waals surface area (Å²) in [5.41, 5.74) is 7.38. The number of nitrogen functional groups attached to an aromatic ring is 1. The third kappa shape index (κ3) is 3.87. The zero-order valence-electron chi connectivity index (χ0n) is 12.5. The Balaban J connectivity index is 2.35. The van der Waals surface area contributed by atoms with Crippen molar-refractivity contribution in [2.75, 3.05) is 36.9 Å². The number of nitrogens with one attached hydrogen (secondary N) is 1. The lowest BCUT2D eigenvalue weighted by molar-refractivity contribution is 0.0821. The summed E-state index contributed by atoms with van der Waals surface area (Å²) in [5, 5.41) is 0. The van der Waals surface area contributed by atoms with Gasteiger partial charge in [-0.25, -0.2) is 13.1 Å². The maximum Gasteiger partial charge on any atom is 0.240 e. The molecule has 0 spiro atoms. The minimum absolute atomic E-state index is 0.0981. The number of rotatable bonds is 4. The Hall–Kier alpha value is -1.31. The van der Waals surface area contributed by atoms with E-state index in [0.29, 0.717) is 25.4 Å². The van der Waals surface area contributed by atoms with E-state index in [-0.39, 0.29) is 11.0 Å². The molecule has 0 amide bonds. The lowest BCUT2D eigenvalue weighted by Gasteiger charge is -2.26. The fourth-order valence-corrected chi connectivity index (χ4v) is 3.51. The molecule has 1 saturated heterocycles. The molecular formula is C14H23N3O3S. The van der Waals surface area contributed by atoms with E-state index in [1.54, 1.807) is 19.1 Å². The Morgan fingerprint density at radius 3 is 2.95 bits per heavy atom. The third-order valence-electron chi connectivity index (χ3n) is 3.44. The molecule has 1 aromatic carbocycles. The van der Waals surface area contributed by atoms with Crippen LogP contribution in [0.4, 0.5) is 11.4 Å². The lowest BCUT2D eigenvalue weighted by atomic mass is 10.2. The smallest absolute Gasteiger partial charge is 0.240 e. The second-order valence-corrected chi connectivity index (χ2v) is 6.97. The molecule has 2 rings (SSSR count). The molecule has 1 aliphatic rings. The normalized spacial score (nSPS) is 20.3. The monoisotopic (exact) mass is 313 g/mol. The van der Waals surface area contributed by atoms with Gasteiger partial charge in [-0.1, -0.05) is 6.92 Å². The summed E-state index contributed by atoms with van der Waals surface area (Å²) in [6, 6.07) is 4.83. The van der Waals surface area contributed by atoms with Crippen LogP contribution in [-0.2, 0) is 14.8 Å². The molecule has 0 bridgehead atoms. The predicted octanol–water partition coefficient (Wildman–Crippen LogP) is 1.18. The molecule has 21 heavy (non-hydrogen) atoms. The first-order valence-electron chi connectivity index (χ1n) is 7.19. The van der Waals surface area contributed by atoms with Crippen LogP contribution in [0.1, 0.15) is 20.3 Å². The molecule has 0 radical (unpaired) electrons. The summed E-state index contributed by atoms with van der Waals surface area (Å²) in [7, 11) is -3.47. The molecule has 1 aromatic rings. The highest BCUT2D eigenvalue weighted by molar-refractivity contribution is 7.89. The number of sulfonamides is 1. The fourth-order valence-electron chi connectivity index (χ4n) is 2.45. The zero-order valence-corrected chi connectivity index (χ0v) is 13.3. The molecule has 7 heteroatoms. The van der Waals surface area contributed by atoms with Gasteiger partial charge in [-0.2, -0.15) is 0 Å². The van der Waals surface area contributed by atoms with Gasteiger partial charge in [0.1, 0.15) is 0 Å². The molecule has 3 N–H and O–H groups in total. The van der Waals surface area contributed by atoms with E-state index in [2.05, 4.69) is 9.62 Å². The summed E-state index contributed by atoms with van der Waals surface area (Å²) < 4.78 is 32.3. The summed E-state index contributed by atoms with van der Waals surface area (Å²) in [4.78, 5) is 2.34. The van der Waals surface area contributed by atoms with E-state index in [0.717, 1.165) is 18.7 Å². The van der Waals surface area contributed by atoms with E-state index in [4.69, 9.17) is 10.5 Å². The molecule has 6 nitrogen and oxygen atoms in total. The van der Waals surface area contributed by atoms with Crippen molar-refractivity contribution >= 4 is 21.4 Å². The van der Waals surface area contributed by atoms with E-state index < -0.39 is 10.0 Å². The number of anilines is 2. The number of nitrogens with two attached hydrogens (primary N) is 1. The largest absolute Gasteiger partial charge is 0.397 e. The van der Waals surface area contributed by atoms with Crippen molar-refractivity contribution in [3.8, 4) is 0 Å². The maximum atomic E-state index is 12.1. The molecule has 1 aliphatic heterocycles. The quantitative estimate of drug-likeness (QED) is 0.816. The van der Waals surface area contributed by atoms with Crippen LogP contribution < -0.4 is 15.4 Å². The van der Waals surface area contributed by atoms with Crippen molar-refractivity contribution < 1.29 is 13.2 Å². The molecule has 0 aromatic heterocycles. The second-order valence-electron chi connectivity index (χ2n) is 5.20. The van der Waals surface area contributed by atoms with Crippen LogP contribution in [0.3, 0.4) is 0 Å². The summed E-state index contributed by atoms with van der Waals surface area (Å²) in [6.45, 7) is 6.34. The van der Waals surface area contributed by atoms with Gasteiger partial charge < -0.3 is 15.4 Å². The summed E-state index contributed by atoms with van der Waals surface area (Å²) in [6.07, 6.45) is 0.995. The molecule has 1 fully saturated rings. The highest BCUT2D eigenvalue weighted by atomic mass is 32.2. The van der Waals surface area contributed by atoms with Crippen molar-refractivity contribution in [2.45, 2.75) is 31.3 Å². The third-order valence-corrected chi connectivity index (χ3v) is 4.98. The summed E-state index contributed by atoms with van der Waals surface area (Å²) in [5.74, 6) is 0. The Bertz CT molecular complexity index is 589. The second kappa shape index (κ2) is 6.64. The van der Waals surface area contributed by atoms with E-state index in [9.17, 15) is 8.42 Å². The molecule has 118 valence electrons. The van der Waals surface area contributed by atoms with Gasteiger partial charge in [0.15, 0.2) is 0 Å². The highest BCUT2D eigenvalue weighted by Gasteiger charge is 2.20. The van der Waals surface area contributed by atoms with Crippen molar-refractivity contribution in [3.63, 3.8) is 0 Å². The number of hydrogen-bond donors (Lipinski definition) is 2. The van der Waals surface area contributed by atoms with Gasteiger partial charge >= 0.3 is 0 Å². The Kier molecular flexibility index (Phi) is 5.08. The topological polar surface area (TPSA) is 84.7 Å². The van der Waals surface area contributed by atoms with Gasteiger partial charge in [0, 0.05) is 26.2 Å². The van der Waals surface area contributed by atoms with E-state index in [1.807, 2.05) is 6.92 Å². The van der Waals surface area contributed by atoms with Crippen LogP contribution in [0.15, 0.2) is 23.1 Å². The van der Waals surface area contributed by atoms with Gasteiger partial charge in [0.2, 0.25) is 10.0 Å². The molecule has 1 heterocycles. The number of nitrogens with zero attached hydrogens (tertiary/aromatic N) is 1. The Morgan fingerprint density at radius 1 is 1.48 bits per heavy atom. The van der Waals surface area contributed by atoms with Crippen LogP contribution in [0.5, 0.6) is 0 Å². The van der Waals surface area contributed by atoms with Gasteiger partial charge in [0.05, 0.1) is 22.4 Å². The Labute approximate surface area is 126 Å². The van der Waals surface area contributed by atoms with Crippen LogP contribution in [0.2, 0.25) is 0 Å². The number of ether oxygens (including phenoxy) is 1. The number of benzene rings is 1. The van der Waals surface area contributed by atoms with Gasteiger partial charge in [0.25, 0.3) is 0 Å². The van der Waals surface area contributed by atoms with E-state index in [1.165, 1.54) is 6.07 Å². The highest BCUT2D eigenvalue weighted by Crippen LogP contribution is 2.28. The van der Waals surface area contributed by atoms with E-state index >= 15 is 0 Å². The minimum Gasteiger partial charge on any atom is -0.397 e. The van der Waals surface area contributed by atoms with Crippen LogP contribution in [-0.4, -0.2) is 40.8 Å². The SMILES string of the molecule is CCNS(=O)(=O)c1ccc(N)c(N2CCCOC(C)C2)c1. The molecule has 1 atom stereocenters. The Morgan fingerprint density at radius 2 is 2.24 bits per heavy atom. The van der Waals surface area contributed by atoms with Crippen LogP contribution in [0, 0.1) is 0 Å². The van der Waals surface area contributed by atoms with Crippen LogP contribution >= 0.6 is 0 Å². The molecule has 0 saturated carbocycles. The van der Waals surface area contributed by atoms with Gasteiger partial charge in [-0.15, -0.1) is 0 Å².